The number of hydrogen-bond donors (Lipinski definition) is 0. The van der Waals surface area contributed by atoms with Crippen molar-refractivity contribution in [2.24, 2.45) is 23.7 Å². The molecule has 0 nitrogen and oxygen atoms in total. The highest BCUT2D eigenvalue weighted by molar-refractivity contribution is 4.90. The fraction of sp³-hybridized carbons (Fsp3) is 0.722. The van der Waals surface area contributed by atoms with Crippen molar-refractivity contribution in [1.29, 1.82) is 0 Å². The van der Waals surface area contributed by atoms with E-state index in [2.05, 4.69) is 31.0 Å². The molecule has 2 aliphatic rings. The predicted octanol–water partition coefficient (Wildman–Crippen LogP) is 5.52. The van der Waals surface area contributed by atoms with Crippen LogP contribution in [0.1, 0.15) is 57.8 Å². The molecule has 2 fully saturated rings. The van der Waals surface area contributed by atoms with E-state index in [1.165, 1.54) is 57.8 Å². The average Bonchev–Trinajstić information content (AvgIpc) is 2.41. The second-order valence-electron chi connectivity index (χ2n) is 6.35. The van der Waals surface area contributed by atoms with E-state index < -0.39 is 0 Å². The van der Waals surface area contributed by atoms with Gasteiger partial charge in [0.2, 0.25) is 0 Å². The van der Waals surface area contributed by atoms with Crippen molar-refractivity contribution in [1.82, 2.24) is 0 Å². The minimum Gasteiger partial charge on any atom is -0.133 e. The third kappa shape index (κ3) is 3.62. The summed E-state index contributed by atoms with van der Waals surface area (Å²) < 4.78 is 0. The fourth-order valence-electron chi connectivity index (χ4n) is 4.08. The van der Waals surface area contributed by atoms with E-state index in [1.807, 2.05) is 0 Å². The van der Waals surface area contributed by atoms with E-state index in [4.69, 9.17) is 0 Å². The van der Waals surface area contributed by atoms with E-state index in [0.717, 1.165) is 23.7 Å². The minimum absolute atomic E-state index is 0.774. The smallest absolute Gasteiger partial charge is 0.0157 e. The Labute approximate surface area is 113 Å². The molecule has 0 aromatic rings. The molecule has 0 aromatic heterocycles. The zero-order chi connectivity index (χ0) is 12.8. The normalized spacial score (nSPS) is 36.7. The number of hydrogen-bond acceptors (Lipinski definition) is 0. The second kappa shape index (κ2) is 7.00. The van der Waals surface area contributed by atoms with Crippen LogP contribution in [0.2, 0.25) is 0 Å². The molecule has 0 N–H and O–H groups in total. The summed E-state index contributed by atoms with van der Waals surface area (Å²) in [6, 6.07) is 0. The summed E-state index contributed by atoms with van der Waals surface area (Å²) in [5, 5.41) is 0. The highest BCUT2D eigenvalue weighted by Gasteiger charge is 2.29. The van der Waals surface area contributed by atoms with Gasteiger partial charge in [0.05, 0.1) is 0 Å². The van der Waals surface area contributed by atoms with Gasteiger partial charge >= 0.3 is 0 Å². The number of allylic oxidation sites excluding steroid dienone is 2. The summed E-state index contributed by atoms with van der Waals surface area (Å²) in [5.74, 6) is 3.76. The van der Waals surface area contributed by atoms with Crippen molar-refractivity contribution in [3.63, 3.8) is 0 Å². The monoisotopic (exact) mass is 244 g/mol. The van der Waals surface area contributed by atoms with Crippen LogP contribution >= 0.6 is 0 Å². The molecule has 0 amide bonds. The summed E-state index contributed by atoms with van der Waals surface area (Å²) in [6.45, 7) is 7.58. The number of rotatable bonds is 4. The van der Waals surface area contributed by atoms with Crippen molar-refractivity contribution >= 4 is 0 Å². The lowest BCUT2D eigenvalue weighted by atomic mass is 9.69. The first kappa shape index (κ1) is 13.7. The SMILES string of the molecule is C=C=CC1CCC(C2CCC(CC=C)CC2)CC1. The maximum absolute atomic E-state index is 3.87. The van der Waals surface area contributed by atoms with Crippen LogP contribution in [0.4, 0.5) is 0 Å². The Kier molecular flexibility index (Phi) is 5.32. The lowest BCUT2D eigenvalue weighted by Gasteiger charge is -2.37. The molecule has 0 aliphatic heterocycles. The van der Waals surface area contributed by atoms with Crippen molar-refractivity contribution in [3.05, 3.63) is 31.0 Å². The van der Waals surface area contributed by atoms with Crippen molar-refractivity contribution in [2.45, 2.75) is 57.8 Å². The van der Waals surface area contributed by atoms with Gasteiger partial charge in [-0.3, -0.25) is 0 Å². The van der Waals surface area contributed by atoms with Crippen LogP contribution in [0, 0.1) is 23.7 Å². The Morgan fingerprint density at radius 3 is 1.94 bits per heavy atom. The van der Waals surface area contributed by atoms with Gasteiger partial charge in [0.1, 0.15) is 0 Å². The van der Waals surface area contributed by atoms with Gasteiger partial charge in [-0.15, -0.1) is 12.3 Å². The first-order valence-electron chi connectivity index (χ1n) is 7.80. The average molecular weight is 244 g/mol. The summed E-state index contributed by atoms with van der Waals surface area (Å²) >= 11 is 0. The molecule has 2 rings (SSSR count). The van der Waals surface area contributed by atoms with E-state index in [0.29, 0.717) is 0 Å². The molecule has 0 heterocycles. The topological polar surface area (TPSA) is 0 Å². The molecule has 18 heavy (non-hydrogen) atoms. The minimum atomic E-state index is 0.774. The maximum atomic E-state index is 3.87. The molecule has 0 unspecified atom stereocenters. The molecule has 2 aliphatic carbocycles. The Morgan fingerprint density at radius 1 is 0.889 bits per heavy atom. The lowest BCUT2D eigenvalue weighted by molar-refractivity contribution is 0.156. The van der Waals surface area contributed by atoms with Crippen LogP contribution in [0.15, 0.2) is 31.0 Å². The molecular formula is C18H28. The Bertz CT molecular complexity index is 292. The van der Waals surface area contributed by atoms with Crippen LogP contribution in [0.5, 0.6) is 0 Å². The lowest BCUT2D eigenvalue weighted by Crippen LogP contribution is -2.25. The van der Waals surface area contributed by atoms with Gasteiger partial charge in [0.25, 0.3) is 0 Å². The van der Waals surface area contributed by atoms with E-state index >= 15 is 0 Å². The maximum Gasteiger partial charge on any atom is -0.0157 e. The Balaban J connectivity index is 1.74. The van der Waals surface area contributed by atoms with Crippen LogP contribution in [0.3, 0.4) is 0 Å². The zero-order valence-electron chi connectivity index (χ0n) is 11.7. The largest absolute Gasteiger partial charge is 0.133 e. The Hall–Kier alpha value is -0.740. The van der Waals surface area contributed by atoms with Gasteiger partial charge in [-0.05, 0) is 87.5 Å². The van der Waals surface area contributed by atoms with Gasteiger partial charge < -0.3 is 0 Å². The third-order valence-corrected chi connectivity index (χ3v) is 5.23. The molecular weight excluding hydrogens is 216 g/mol. The molecule has 0 spiro atoms. The highest BCUT2D eigenvalue weighted by Crippen LogP contribution is 2.42. The van der Waals surface area contributed by atoms with Gasteiger partial charge in [-0.1, -0.05) is 12.7 Å². The molecule has 0 bridgehead atoms. The van der Waals surface area contributed by atoms with Crippen molar-refractivity contribution in [3.8, 4) is 0 Å². The van der Waals surface area contributed by atoms with E-state index in [-0.39, 0.29) is 0 Å². The van der Waals surface area contributed by atoms with Crippen LogP contribution in [-0.2, 0) is 0 Å². The standard InChI is InChI=1S/C18H28/c1-3-5-15-7-11-17(12-8-15)18-13-9-16(6-4-2)10-14-18/h3,6,15-18H,1-2,5,7-14H2. The van der Waals surface area contributed by atoms with Gasteiger partial charge in [0, 0.05) is 0 Å². The van der Waals surface area contributed by atoms with E-state index in [9.17, 15) is 0 Å². The molecule has 0 radical (unpaired) electrons. The molecule has 0 atom stereocenters. The molecule has 0 saturated heterocycles. The summed E-state index contributed by atoms with van der Waals surface area (Å²) in [4.78, 5) is 0. The first-order chi connectivity index (χ1) is 8.83. The van der Waals surface area contributed by atoms with Crippen molar-refractivity contribution < 1.29 is 0 Å². The summed E-state index contributed by atoms with van der Waals surface area (Å²) in [7, 11) is 0. The molecule has 0 aromatic carbocycles. The predicted molar refractivity (Wildman–Crippen MR) is 79.4 cm³/mol. The van der Waals surface area contributed by atoms with Crippen LogP contribution in [-0.4, -0.2) is 0 Å². The third-order valence-electron chi connectivity index (χ3n) is 5.23. The Morgan fingerprint density at radius 2 is 1.44 bits per heavy atom. The highest BCUT2D eigenvalue weighted by atomic mass is 14.3. The van der Waals surface area contributed by atoms with Gasteiger partial charge in [0.15, 0.2) is 0 Å². The van der Waals surface area contributed by atoms with Crippen molar-refractivity contribution in [2.75, 3.05) is 0 Å². The fourth-order valence-corrected chi connectivity index (χ4v) is 4.08. The van der Waals surface area contributed by atoms with E-state index in [1.54, 1.807) is 0 Å². The zero-order valence-corrected chi connectivity index (χ0v) is 11.7. The first-order valence-corrected chi connectivity index (χ1v) is 7.80. The second-order valence-corrected chi connectivity index (χ2v) is 6.35. The summed E-state index contributed by atoms with van der Waals surface area (Å²) in [5.41, 5.74) is 2.97. The quantitative estimate of drug-likeness (QED) is 0.451. The van der Waals surface area contributed by atoms with Crippen LogP contribution < -0.4 is 0 Å². The summed E-state index contributed by atoms with van der Waals surface area (Å²) in [6.07, 6.45) is 17.0. The van der Waals surface area contributed by atoms with Gasteiger partial charge in [-0.25, -0.2) is 0 Å². The molecule has 0 heteroatoms. The molecule has 100 valence electrons. The van der Waals surface area contributed by atoms with Gasteiger partial charge in [-0.2, -0.15) is 0 Å². The van der Waals surface area contributed by atoms with Crippen LogP contribution in [0.25, 0.3) is 0 Å². The molecule has 2 saturated carbocycles.